The first kappa shape index (κ1) is 33.1. The summed E-state index contributed by atoms with van der Waals surface area (Å²) >= 11 is 3.83. The molecule has 0 saturated heterocycles. The van der Waals surface area contributed by atoms with Crippen molar-refractivity contribution in [2.45, 2.75) is 155 Å². The van der Waals surface area contributed by atoms with E-state index in [1.165, 1.54) is 162 Å². The number of hydrogen-bond acceptors (Lipinski definition) is 2. The van der Waals surface area contributed by atoms with Crippen LogP contribution in [-0.4, -0.2) is 0 Å². The molecule has 0 fully saturated rings. The Balaban J connectivity index is 1.36. The first-order valence-electron chi connectivity index (χ1n) is 17.1. The van der Waals surface area contributed by atoms with E-state index in [4.69, 9.17) is 0 Å². The van der Waals surface area contributed by atoms with Gasteiger partial charge in [-0.15, -0.1) is 22.7 Å². The van der Waals surface area contributed by atoms with Crippen LogP contribution in [0.1, 0.15) is 153 Å². The van der Waals surface area contributed by atoms with Crippen molar-refractivity contribution in [3.05, 3.63) is 58.3 Å². The molecule has 0 aliphatic heterocycles. The number of thiophene rings is 2. The molecule has 2 aromatic heterocycles. The second-order valence-electron chi connectivity index (χ2n) is 12.0. The van der Waals surface area contributed by atoms with Gasteiger partial charge in [0, 0.05) is 9.75 Å². The summed E-state index contributed by atoms with van der Waals surface area (Å²) in [5.41, 5.74) is 5.90. The molecule has 0 N–H and O–H groups in total. The fraction of sp³-hybridized carbons (Fsp3) is 0.632. The van der Waals surface area contributed by atoms with Gasteiger partial charge in [0.05, 0.1) is 0 Å². The molecule has 2 heteroatoms. The molecule has 0 bridgehead atoms. The van der Waals surface area contributed by atoms with Crippen molar-refractivity contribution in [1.82, 2.24) is 0 Å². The number of aryl methyl sites for hydroxylation is 2. The lowest BCUT2D eigenvalue weighted by Gasteiger charge is -2.08. The molecular weight excluding hydrogens is 521 g/mol. The van der Waals surface area contributed by atoms with Gasteiger partial charge in [-0.3, -0.25) is 0 Å². The van der Waals surface area contributed by atoms with E-state index < -0.39 is 0 Å². The molecule has 40 heavy (non-hydrogen) atoms. The zero-order valence-electron chi connectivity index (χ0n) is 26.0. The minimum absolute atomic E-state index is 1.23. The second-order valence-corrected chi connectivity index (χ2v) is 13.8. The summed E-state index contributed by atoms with van der Waals surface area (Å²) in [4.78, 5) is 2.97. The fourth-order valence-corrected chi connectivity index (χ4v) is 7.87. The molecule has 0 radical (unpaired) electrons. The molecule has 0 atom stereocenters. The largest absolute Gasteiger partial charge is 0.144 e. The molecule has 0 amide bonds. The van der Waals surface area contributed by atoms with E-state index in [0.29, 0.717) is 0 Å². The summed E-state index contributed by atoms with van der Waals surface area (Å²) in [5, 5.41) is 4.58. The molecule has 222 valence electrons. The second kappa shape index (κ2) is 21.3. The number of hydrogen-bond donors (Lipinski definition) is 0. The van der Waals surface area contributed by atoms with Crippen LogP contribution in [0.2, 0.25) is 0 Å². The SMILES string of the molecule is CCCCCCCCCCCCc1ccsc1-c1ccc(-c2sccc2CCCCCCCCCCCC)cc1. The Morgan fingerprint density at radius 3 is 1.00 bits per heavy atom. The Morgan fingerprint density at radius 1 is 0.375 bits per heavy atom. The molecule has 0 aliphatic carbocycles. The van der Waals surface area contributed by atoms with Crippen molar-refractivity contribution in [2.24, 2.45) is 0 Å². The molecule has 0 aliphatic rings. The molecule has 3 rings (SSSR count). The van der Waals surface area contributed by atoms with Gasteiger partial charge in [0.25, 0.3) is 0 Å². The molecular formula is C38H58S2. The predicted molar refractivity (Wildman–Crippen MR) is 184 cm³/mol. The van der Waals surface area contributed by atoms with Gasteiger partial charge >= 0.3 is 0 Å². The van der Waals surface area contributed by atoms with E-state index >= 15 is 0 Å². The van der Waals surface area contributed by atoms with Crippen molar-refractivity contribution in [3.63, 3.8) is 0 Å². The lowest BCUT2D eigenvalue weighted by molar-refractivity contribution is 0.556. The van der Waals surface area contributed by atoms with Gasteiger partial charge in [-0.05, 0) is 70.8 Å². The minimum Gasteiger partial charge on any atom is -0.144 e. The van der Waals surface area contributed by atoms with Crippen LogP contribution in [0.3, 0.4) is 0 Å². The lowest BCUT2D eigenvalue weighted by atomic mass is 10.00. The minimum atomic E-state index is 1.23. The Labute approximate surface area is 256 Å². The van der Waals surface area contributed by atoms with Crippen LogP contribution >= 0.6 is 22.7 Å². The van der Waals surface area contributed by atoms with Crippen LogP contribution in [-0.2, 0) is 12.8 Å². The Bertz CT molecular complexity index is 911. The number of rotatable bonds is 24. The topological polar surface area (TPSA) is 0 Å². The monoisotopic (exact) mass is 578 g/mol. The average molecular weight is 579 g/mol. The average Bonchev–Trinajstić information content (AvgIpc) is 3.65. The molecule has 3 aromatic rings. The molecule has 1 aromatic carbocycles. The highest BCUT2D eigenvalue weighted by Gasteiger charge is 2.10. The first-order valence-corrected chi connectivity index (χ1v) is 18.8. The molecule has 0 spiro atoms. The smallest absolute Gasteiger partial charge is 0.0374 e. The Kier molecular flexibility index (Phi) is 17.7. The summed E-state index contributed by atoms with van der Waals surface area (Å²) < 4.78 is 0. The van der Waals surface area contributed by atoms with Gasteiger partial charge in [0.15, 0.2) is 0 Å². The number of unbranched alkanes of at least 4 members (excludes halogenated alkanes) is 18. The lowest BCUT2D eigenvalue weighted by Crippen LogP contribution is -1.89. The summed E-state index contributed by atoms with van der Waals surface area (Å²) in [6.45, 7) is 4.60. The van der Waals surface area contributed by atoms with E-state index in [1.54, 1.807) is 11.1 Å². The maximum atomic E-state index is 2.37. The third kappa shape index (κ3) is 12.6. The summed E-state index contributed by atoms with van der Waals surface area (Å²) in [6, 6.07) is 14.2. The normalized spacial score (nSPS) is 11.4. The molecule has 2 heterocycles. The van der Waals surface area contributed by atoms with Crippen LogP contribution in [0.15, 0.2) is 47.2 Å². The highest BCUT2D eigenvalue weighted by atomic mass is 32.1. The van der Waals surface area contributed by atoms with Gasteiger partial charge in [-0.2, -0.15) is 0 Å². The van der Waals surface area contributed by atoms with E-state index in [2.05, 4.69) is 61.0 Å². The van der Waals surface area contributed by atoms with Crippen molar-refractivity contribution < 1.29 is 0 Å². The third-order valence-electron chi connectivity index (χ3n) is 8.50. The Morgan fingerprint density at radius 2 is 0.675 bits per heavy atom. The zero-order valence-corrected chi connectivity index (χ0v) is 27.6. The van der Waals surface area contributed by atoms with Gasteiger partial charge < -0.3 is 0 Å². The summed E-state index contributed by atoms with van der Waals surface area (Å²) in [5.74, 6) is 0. The van der Waals surface area contributed by atoms with E-state index in [9.17, 15) is 0 Å². The number of benzene rings is 1. The van der Waals surface area contributed by atoms with Crippen molar-refractivity contribution >= 4 is 22.7 Å². The summed E-state index contributed by atoms with van der Waals surface area (Å²) in [7, 11) is 0. The van der Waals surface area contributed by atoms with Crippen LogP contribution in [0.4, 0.5) is 0 Å². The van der Waals surface area contributed by atoms with Gasteiger partial charge in [-0.25, -0.2) is 0 Å². The zero-order chi connectivity index (χ0) is 28.1. The van der Waals surface area contributed by atoms with Gasteiger partial charge in [-0.1, -0.05) is 154 Å². The van der Waals surface area contributed by atoms with Crippen LogP contribution in [0, 0.1) is 0 Å². The highest BCUT2D eigenvalue weighted by molar-refractivity contribution is 7.14. The van der Waals surface area contributed by atoms with E-state index in [0.717, 1.165) is 0 Å². The van der Waals surface area contributed by atoms with Crippen molar-refractivity contribution in [2.75, 3.05) is 0 Å². The third-order valence-corrected chi connectivity index (χ3v) is 10.5. The Hall–Kier alpha value is -1.38. The first-order chi connectivity index (χ1) is 19.8. The highest BCUT2D eigenvalue weighted by Crippen LogP contribution is 2.35. The fourth-order valence-electron chi connectivity index (χ4n) is 5.95. The van der Waals surface area contributed by atoms with Gasteiger partial charge in [0.1, 0.15) is 0 Å². The molecule has 0 unspecified atom stereocenters. The molecule has 0 saturated carbocycles. The van der Waals surface area contributed by atoms with Crippen molar-refractivity contribution in [3.8, 4) is 20.9 Å². The quantitative estimate of drug-likeness (QED) is 0.0927. The maximum absolute atomic E-state index is 2.37. The van der Waals surface area contributed by atoms with Crippen LogP contribution < -0.4 is 0 Å². The van der Waals surface area contributed by atoms with Crippen molar-refractivity contribution in [1.29, 1.82) is 0 Å². The maximum Gasteiger partial charge on any atom is 0.0374 e. The summed E-state index contributed by atoms with van der Waals surface area (Å²) in [6.07, 6.45) is 30.6. The van der Waals surface area contributed by atoms with E-state index in [-0.39, 0.29) is 0 Å². The van der Waals surface area contributed by atoms with E-state index in [1.807, 2.05) is 22.7 Å². The predicted octanol–water partition coefficient (Wildman–Crippen LogP) is 14.1. The molecule has 0 nitrogen and oxygen atoms in total. The van der Waals surface area contributed by atoms with Gasteiger partial charge in [0.2, 0.25) is 0 Å². The van der Waals surface area contributed by atoms with Crippen LogP contribution in [0.25, 0.3) is 20.9 Å². The standard InChI is InChI=1S/C38H58S2/c1-3-5-7-9-11-13-15-17-19-21-23-33-29-31-39-37(33)35-25-27-36(28-26-35)38-34(30-32-40-38)24-22-20-18-16-14-12-10-8-6-4-2/h25-32H,3-24H2,1-2H3. The van der Waals surface area contributed by atoms with Crippen LogP contribution in [0.5, 0.6) is 0 Å².